The van der Waals surface area contributed by atoms with Gasteiger partial charge >= 0.3 is 5.97 Å². The molecular formula is C15H16ClFO3. The highest BCUT2D eigenvalue weighted by Gasteiger charge is 2.39. The van der Waals surface area contributed by atoms with E-state index in [9.17, 15) is 14.0 Å². The second kappa shape index (κ2) is 6.35. The van der Waals surface area contributed by atoms with Crippen molar-refractivity contribution < 1.29 is 18.7 Å². The first kappa shape index (κ1) is 15.0. The molecule has 3 nitrogen and oxygen atoms in total. The van der Waals surface area contributed by atoms with E-state index in [1.165, 1.54) is 18.2 Å². The Bertz CT molecular complexity index is 526. The van der Waals surface area contributed by atoms with Crippen LogP contribution in [-0.2, 0) is 20.7 Å². The Balaban J connectivity index is 2.15. The Kier molecular flexibility index (Phi) is 4.76. The number of ketones is 1. The van der Waals surface area contributed by atoms with E-state index in [0.29, 0.717) is 5.56 Å². The third-order valence-corrected chi connectivity index (χ3v) is 3.61. The molecule has 2 rings (SSSR count). The Morgan fingerprint density at radius 2 is 2.15 bits per heavy atom. The normalized spacial score (nSPS) is 15.8. The number of rotatable bonds is 6. The Labute approximate surface area is 122 Å². The molecule has 0 amide bonds. The molecule has 0 saturated heterocycles. The lowest BCUT2D eigenvalue weighted by molar-refractivity contribution is -0.151. The predicted octanol–water partition coefficient (Wildman–Crippen LogP) is 3.18. The van der Waals surface area contributed by atoms with E-state index in [1.54, 1.807) is 6.92 Å². The van der Waals surface area contributed by atoms with Gasteiger partial charge in [-0.15, -0.1) is 0 Å². The van der Waals surface area contributed by atoms with Gasteiger partial charge in [0.25, 0.3) is 0 Å². The summed E-state index contributed by atoms with van der Waals surface area (Å²) in [5.41, 5.74) is 0.656. The molecule has 1 saturated carbocycles. The van der Waals surface area contributed by atoms with Crippen molar-refractivity contribution in [1.82, 2.24) is 0 Å². The third-order valence-electron chi connectivity index (χ3n) is 3.32. The van der Waals surface area contributed by atoms with Gasteiger partial charge in [-0.05, 0) is 43.9 Å². The second-order valence-corrected chi connectivity index (χ2v) is 5.34. The number of hydrogen-bond donors (Lipinski definition) is 0. The first-order valence-electron chi connectivity index (χ1n) is 6.67. The Morgan fingerprint density at radius 1 is 1.45 bits per heavy atom. The van der Waals surface area contributed by atoms with Gasteiger partial charge < -0.3 is 4.74 Å². The summed E-state index contributed by atoms with van der Waals surface area (Å²) in [6.07, 6.45) is 1.87. The van der Waals surface area contributed by atoms with E-state index in [4.69, 9.17) is 16.3 Å². The van der Waals surface area contributed by atoms with Gasteiger partial charge in [0.2, 0.25) is 0 Å². The van der Waals surface area contributed by atoms with Crippen LogP contribution in [0.5, 0.6) is 0 Å². The molecule has 1 fully saturated rings. The van der Waals surface area contributed by atoms with Crippen molar-refractivity contribution in [3.05, 3.63) is 34.6 Å². The second-order valence-electron chi connectivity index (χ2n) is 4.93. The van der Waals surface area contributed by atoms with Crippen LogP contribution in [0.3, 0.4) is 0 Å². The minimum absolute atomic E-state index is 0.0102. The molecule has 1 aliphatic carbocycles. The SMILES string of the molecule is CCOC(=O)C(Cc1ccc(F)c(Cl)c1)C(=O)C1CC1. The lowest BCUT2D eigenvalue weighted by Gasteiger charge is -2.14. The number of benzene rings is 1. The van der Waals surface area contributed by atoms with Crippen LogP contribution in [0.2, 0.25) is 5.02 Å². The largest absolute Gasteiger partial charge is 0.465 e. The first-order valence-corrected chi connectivity index (χ1v) is 7.05. The number of carbonyl (C=O) groups excluding carboxylic acids is 2. The summed E-state index contributed by atoms with van der Waals surface area (Å²) in [6, 6.07) is 4.22. The van der Waals surface area contributed by atoms with Crippen molar-refractivity contribution in [3.8, 4) is 0 Å². The van der Waals surface area contributed by atoms with Gasteiger partial charge in [-0.1, -0.05) is 17.7 Å². The van der Waals surface area contributed by atoms with Crippen molar-refractivity contribution in [2.24, 2.45) is 11.8 Å². The van der Waals surface area contributed by atoms with Gasteiger partial charge in [0.1, 0.15) is 11.7 Å². The van der Waals surface area contributed by atoms with Crippen molar-refractivity contribution >= 4 is 23.4 Å². The Morgan fingerprint density at radius 3 is 2.70 bits per heavy atom. The smallest absolute Gasteiger partial charge is 0.316 e. The van der Waals surface area contributed by atoms with Crippen molar-refractivity contribution in [2.75, 3.05) is 6.61 Å². The van der Waals surface area contributed by atoms with Gasteiger partial charge in [-0.2, -0.15) is 0 Å². The molecule has 0 radical (unpaired) electrons. The zero-order valence-corrected chi connectivity index (χ0v) is 12.0. The maximum atomic E-state index is 13.1. The molecular weight excluding hydrogens is 283 g/mol. The summed E-state index contributed by atoms with van der Waals surface area (Å²) in [4.78, 5) is 24.1. The predicted molar refractivity (Wildman–Crippen MR) is 73.0 cm³/mol. The van der Waals surface area contributed by atoms with E-state index in [1.807, 2.05) is 0 Å². The summed E-state index contributed by atoms with van der Waals surface area (Å²) in [5.74, 6) is -1.95. The molecule has 108 valence electrons. The molecule has 0 heterocycles. The fourth-order valence-electron chi connectivity index (χ4n) is 2.10. The highest BCUT2D eigenvalue weighted by Crippen LogP contribution is 2.34. The monoisotopic (exact) mass is 298 g/mol. The molecule has 0 N–H and O–H groups in total. The first-order chi connectivity index (χ1) is 9.52. The Hall–Kier alpha value is -1.42. The fraction of sp³-hybridized carbons (Fsp3) is 0.467. The zero-order chi connectivity index (χ0) is 14.7. The van der Waals surface area contributed by atoms with E-state index in [-0.39, 0.29) is 29.8 Å². The van der Waals surface area contributed by atoms with Gasteiger partial charge in [0, 0.05) is 5.92 Å². The highest BCUT2D eigenvalue weighted by atomic mass is 35.5. The van der Waals surface area contributed by atoms with Crippen LogP contribution in [-0.4, -0.2) is 18.4 Å². The lowest BCUT2D eigenvalue weighted by atomic mass is 9.93. The number of ether oxygens (including phenoxy) is 1. The van der Waals surface area contributed by atoms with Crippen molar-refractivity contribution in [3.63, 3.8) is 0 Å². The number of carbonyl (C=O) groups is 2. The maximum Gasteiger partial charge on any atom is 0.316 e. The molecule has 1 unspecified atom stereocenters. The van der Waals surface area contributed by atoms with E-state index in [0.717, 1.165) is 12.8 Å². The van der Waals surface area contributed by atoms with Crippen LogP contribution in [0, 0.1) is 17.7 Å². The van der Waals surface area contributed by atoms with Crippen molar-refractivity contribution in [2.45, 2.75) is 26.2 Å². The van der Waals surface area contributed by atoms with E-state index >= 15 is 0 Å². The molecule has 5 heteroatoms. The van der Waals surface area contributed by atoms with Crippen LogP contribution >= 0.6 is 11.6 Å². The summed E-state index contributed by atoms with van der Waals surface area (Å²) >= 11 is 5.72. The molecule has 0 aliphatic heterocycles. The molecule has 1 aromatic rings. The fourth-order valence-corrected chi connectivity index (χ4v) is 2.30. The topological polar surface area (TPSA) is 43.4 Å². The summed E-state index contributed by atoms with van der Waals surface area (Å²) in [7, 11) is 0. The number of hydrogen-bond acceptors (Lipinski definition) is 3. The van der Waals surface area contributed by atoms with Gasteiger partial charge in [0.05, 0.1) is 11.6 Å². The number of Topliss-reactive ketones (excluding diaryl/α,β-unsaturated/α-hetero) is 1. The molecule has 0 aromatic heterocycles. The molecule has 1 atom stereocenters. The van der Waals surface area contributed by atoms with Gasteiger partial charge in [0.15, 0.2) is 5.78 Å². The quantitative estimate of drug-likeness (QED) is 0.598. The molecule has 1 aliphatic rings. The van der Waals surface area contributed by atoms with E-state index in [2.05, 4.69) is 0 Å². The lowest BCUT2D eigenvalue weighted by Crippen LogP contribution is -2.29. The van der Waals surface area contributed by atoms with Crippen LogP contribution < -0.4 is 0 Å². The number of halogens is 2. The van der Waals surface area contributed by atoms with E-state index < -0.39 is 17.7 Å². The van der Waals surface area contributed by atoms with Crippen LogP contribution in [0.4, 0.5) is 4.39 Å². The van der Waals surface area contributed by atoms with Crippen LogP contribution in [0.1, 0.15) is 25.3 Å². The average Bonchev–Trinajstić information content (AvgIpc) is 3.24. The maximum absolute atomic E-state index is 13.1. The molecule has 0 bridgehead atoms. The van der Waals surface area contributed by atoms with Gasteiger partial charge in [-0.3, -0.25) is 9.59 Å². The standard InChI is InChI=1S/C15H16ClFO3/c1-2-20-15(19)11(14(18)10-4-5-10)7-9-3-6-13(17)12(16)8-9/h3,6,8,10-11H,2,4-5,7H2,1H3. The summed E-state index contributed by atoms with van der Waals surface area (Å²) < 4.78 is 18.1. The molecule has 20 heavy (non-hydrogen) atoms. The minimum Gasteiger partial charge on any atom is -0.465 e. The number of esters is 1. The zero-order valence-electron chi connectivity index (χ0n) is 11.2. The van der Waals surface area contributed by atoms with Crippen molar-refractivity contribution in [1.29, 1.82) is 0 Å². The highest BCUT2D eigenvalue weighted by molar-refractivity contribution is 6.30. The third kappa shape index (κ3) is 3.57. The average molecular weight is 299 g/mol. The minimum atomic E-state index is -0.816. The van der Waals surface area contributed by atoms with Crippen LogP contribution in [0.15, 0.2) is 18.2 Å². The van der Waals surface area contributed by atoms with Crippen LogP contribution in [0.25, 0.3) is 0 Å². The molecule has 0 spiro atoms. The van der Waals surface area contributed by atoms with Gasteiger partial charge in [-0.25, -0.2) is 4.39 Å². The summed E-state index contributed by atoms with van der Waals surface area (Å²) in [5, 5.41) is -0.0102. The summed E-state index contributed by atoms with van der Waals surface area (Å²) in [6.45, 7) is 1.93. The molecule has 1 aromatic carbocycles.